The summed E-state index contributed by atoms with van der Waals surface area (Å²) in [4.78, 5) is 0. The van der Waals surface area contributed by atoms with Crippen LogP contribution < -0.4 is 5.73 Å². The molecule has 5 nitrogen and oxygen atoms in total. The van der Waals surface area contributed by atoms with Gasteiger partial charge >= 0.3 is 6.18 Å². The number of hydrogen-bond acceptors (Lipinski definition) is 4. The van der Waals surface area contributed by atoms with E-state index >= 15 is 0 Å². The van der Waals surface area contributed by atoms with Crippen LogP contribution in [0.2, 0.25) is 0 Å². The molecule has 0 aromatic carbocycles. The fourth-order valence-electron chi connectivity index (χ4n) is 1.81. The minimum atomic E-state index is -4.54. The predicted molar refractivity (Wildman–Crippen MR) is 69.2 cm³/mol. The lowest BCUT2D eigenvalue weighted by Crippen LogP contribution is -2.09. The van der Waals surface area contributed by atoms with Crippen molar-refractivity contribution in [3.8, 4) is 11.3 Å². The molecule has 0 saturated carbocycles. The van der Waals surface area contributed by atoms with E-state index in [9.17, 15) is 13.2 Å². The number of aromatic amines is 1. The van der Waals surface area contributed by atoms with E-state index in [1.54, 1.807) is 13.0 Å². The highest BCUT2D eigenvalue weighted by Crippen LogP contribution is 2.37. The van der Waals surface area contributed by atoms with Crippen molar-refractivity contribution in [1.29, 1.82) is 0 Å². The molecule has 0 aliphatic heterocycles. The quantitative estimate of drug-likeness (QED) is 0.892. The van der Waals surface area contributed by atoms with Gasteiger partial charge in [-0.05, 0) is 25.5 Å². The standard InChI is InChI=1S/C11H12F3N5.ClH/c1-5-3-7(4-15)17-18-9(5)8-6(2)16-19-10(8)11(12,13)14;/h3H,4,15H2,1-2H3,(H,16,19);1H. The van der Waals surface area contributed by atoms with Gasteiger partial charge < -0.3 is 5.73 Å². The lowest BCUT2D eigenvalue weighted by molar-refractivity contribution is -0.140. The Morgan fingerprint density at radius 1 is 1.25 bits per heavy atom. The summed E-state index contributed by atoms with van der Waals surface area (Å²) in [7, 11) is 0. The number of alkyl halides is 3. The van der Waals surface area contributed by atoms with Crippen LogP contribution in [-0.4, -0.2) is 20.4 Å². The molecule has 20 heavy (non-hydrogen) atoms. The Labute approximate surface area is 119 Å². The fourth-order valence-corrected chi connectivity index (χ4v) is 1.81. The van der Waals surface area contributed by atoms with Crippen molar-refractivity contribution in [2.45, 2.75) is 26.6 Å². The van der Waals surface area contributed by atoms with Gasteiger partial charge in [0, 0.05) is 12.2 Å². The minimum absolute atomic E-state index is 0. The van der Waals surface area contributed by atoms with Crippen LogP contribution >= 0.6 is 12.4 Å². The van der Waals surface area contributed by atoms with Crippen molar-refractivity contribution in [2.75, 3.05) is 0 Å². The molecular weight excluding hydrogens is 295 g/mol. The zero-order chi connectivity index (χ0) is 14.2. The highest BCUT2D eigenvalue weighted by Gasteiger charge is 2.38. The monoisotopic (exact) mass is 307 g/mol. The molecule has 0 aliphatic rings. The van der Waals surface area contributed by atoms with Gasteiger partial charge in [0.2, 0.25) is 0 Å². The zero-order valence-electron chi connectivity index (χ0n) is 10.7. The molecule has 0 atom stereocenters. The largest absolute Gasteiger partial charge is 0.435 e. The van der Waals surface area contributed by atoms with Crippen LogP contribution in [0, 0.1) is 13.8 Å². The number of aromatic nitrogens is 4. The number of aryl methyl sites for hydroxylation is 2. The third-order valence-electron chi connectivity index (χ3n) is 2.70. The van der Waals surface area contributed by atoms with Crippen molar-refractivity contribution >= 4 is 12.4 Å². The summed E-state index contributed by atoms with van der Waals surface area (Å²) in [5, 5.41) is 13.3. The molecule has 0 fully saturated rings. The molecule has 2 aromatic heterocycles. The molecule has 110 valence electrons. The Hall–Kier alpha value is -1.67. The van der Waals surface area contributed by atoms with E-state index in [0.717, 1.165) is 0 Å². The van der Waals surface area contributed by atoms with Gasteiger partial charge in [-0.15, -0.1) is 17.5 Å². The Morgan fingerprint density at radius 3 is 2.40 bits per heavy atom. The van der Waals surface area contributed by atoms with E-state index in [4.69, 9.17) is 5.73 Å². The number of hydrogen-bond donors (Lipinski definition) is 2. The molecule has 0 saturated heterocycles. The SMILES string of the molecule is Cc1cc(CN)nnc1-c1c(C(F)(F)F)n[nH]c1C.Cl. The van der Waals surface area contributed by atoms with Crippen molar-refractivity contribution in [3.05, 3.63) is 28.7 Å². The average Bonchev–Trinajstić information content (AvgIpc) is 2.71. The number of halogens is 4. The van der Waals surface area contributed by atoms with E-state index in [2.05, 4.69) is 20.4 Å². The van der Waals surface area contributed by atoms with Gasteiger partial charge in [0.25, 0.3) is 0 Å². The average molecular weight is 308 g/mol. The summed E-state index contributed by atoms with van der Waals surface area (Å²) in [6.45, 7) is 3.36. The molecule has 0 bridgehead atoms. The molecule has 2 aromatic rings. The summed E-state index contributed by atoms with van der Waals surface area (Å²) < 4.78 is 38.6. The summed E-state index contributed by atoms with van der Waals surface area (Å²) in [6.07, 6.45) is -4.54. The summed E-state index contributed by atoms with van der Waals surface area (Å²) in [6, 6.07) is 1.62. The maximum Gasteiger partial charge on any atom is 0.435 e. The predicted octanol–water partition coefficient (Wildman–Crippen LogP) is 2.38. The number of nitrogens with one attached hydrogen (secondary N) is 1. The van der Waals surface area contributed by atoms with E-state index in [1.807, 2.05) is 0 Å². The molecule has 0 spiro atoms. The van der Waals surface area contributed by atoms with Crippen molar-refractivity contribution < 1.29 is 13.2 Å². The first-order valence-electron chi connectivity index (χ1n) is 5.50. The number of nitrogens with two attached hydrogens (primary N) is 1. The van der Waals surface area contributed by atoms with Crippen LogP contribution in [0.4, 0.5) is 13.2 Å². The second-order valence-corrected chi connectivity index (χ2v) is 4.14. The van der Waals surface area contributed by atoms with Crippen molar-refractivity contribution in [1.82, 2.24) is 20.4 Å². The van der Waals surface area contributed by atoms with Gasteiger partial charge in [-0.3, -0.25) is 5.10 Å². The normalized spacial score (nSPS) is 11.3. The first-order valence-corrected chi connectivity index (χ1v) is 5.50. The molecule has 9 heteroatoms. The van der Waals surface area contributed by atoms with E-state index in [1.165, 1.54) is 6.92 Å². The Morgan fingerprint density at radius 2 is 1.90 bits per heavy atom. The molecule has 0 aliphatic carbocycles. The molecule has 0 amide bonds. The van der Waals surface area contributed by atoms with E-state index in [-0.39, 0.29) is 30.2 Å². The van der Waals surface area contributed by atoms with Crippen LogP contribution in [0.15, 0.2) is 6.07 Å². The Balaban J connectivity index is 0.00000200. The number of rotatable bonds is 2. The second-order valence-electron chi connectivity index (χ2n) is 4.14. The van der Waals surface area contributed by atoms with Gasteiger partial charge in [-0.1, -0.05) is 0 Å². The third kappa shape index (κ3) is 2.91. The maximum atomic E-state index is 12.9. The highest BCUT2D eigenvalue weighted by molar-refractivity contribution is 5.85. The molecule has 2 rings (SSSR count). The fraction of sp³-hybridized carbons (Fsp3) is 0.364. The van der Waals surface area contributed by atoms with Gasteiger partial charge in [0.05, 0.1) is 17.0 Å². The van der Waals surface area contributed by atoms with E-state index < -0.39 is 11.9 Å². The van der Waals surface area contributed by atoms with Crippen molar-refractivity contribution in [3.63, 3.8) is 0 Å². The maximum absolute atomic E-state index is 12.9. The van der Waals surface area contributed by atoms with Crippen LogP contribution in [-0.2, 0) is 12.7 Å². The molecule has 3 N–H and O–H groups in total. The first-order chi connectivity index (χ1) is 8.84. The van der Waals surface area contributed by atoms with Crippen LogP contribution in [0.3, 0.4) is 0 Å². The molecule has 2 heterocycles. The molecule has 0 unspecified atom stereocenters. The Bertz CT molecular complexity index is 609. The van der Waals surface area contributed by atoms with Crippen LogP contribution in [0.25, 0.3) is 11.3 Å². The summed E-state index contributed by atoms with van der Waals surface area (Å²) in [5.41, 5.74) is 5.92. The smallest absolute Gasteiger partial charge is 0.325 e. The van der Waals surface area contributed by atoms with Crippen LogP contribution in [0.1, 0.15) is 22.6 Å². The number of nitrogens with zero attached hydrogens (tertiary/aromatic N) is 3. The van der Waals surface area contributed by atoms with E-state index in [0.29, 0.717) is 17.0 Å². The van der Waals surface area contributed by atoms with Crippen molar-refractivity contribution in [2.24, 2.45) is 5.73 Å². The lowest BCUT2D eigenvalue weighted by atomic mass is 10.0. The topological polar surface area (TPSA) is 80.5 Å². The van der Waals surface area contributed by atoms with Gasteiger partial charge in [0.15, 0.2) is 5.69 Å². The summed E-state index contributed by atoms with van der Waals surface area (Å²) >= 11 is 0. The third-order valence-corrected chi connectivity index (χ3v) is 2.70. The number of H-pyrrole nitrogens is 1. The molecular formula is C11H13ClF3N5. The first kappa shape index (κ1) is 16.4. The summed E-state index contributed by atoms with van der Waals surface area (Å²) in [5.74, 6) is 0. The Kier molecular flexibility index (Phi) is 4.72. The van der Waals surface area contributed by atoms with Gasteiger partial charge in [-0.25, -0.2) is 0 Å². The second kappa shape index (κ2) is 5.76. The molecule has 0 radical (unpaired) electrons. The minimum Gasteiger partial charge on any atom is -0.325 e. The van der Waals surface area contributed by atoms with Crippen LogP contribution in [0.5, 0.6) is 0 Å². The highest BCUT2D eigenvalue weighted by atomic mass is 35.5. The van der Waals surface area contributed by atoms with Gasteiger partial charge in [0.1, 0.15) is 0 Å². The van der Waals surface area contributed by atoms with Gasteiger partial charge in [-0.2, -0.15) is 23.4 Å². The lowest BCUT2D eigenvalue weighted by Gasteiger charge is -2.09. The zero-order valence-corrected chi connectivity index (χ0v) is 11.6.